The van der Waals surface area contributed by atoms with Gasteiger partial charge < -0.3 is 0 Å². The van der Waals surface area contributed by atoms with E-state index in [-0.39, 0.29) is 5.41 Å². The van der Waals surface area contributed by atoms with Crippen molar-refractivity contribution in [2.24, 2.45) is 11.3 Å². The number of allylic oxidation sites excluding steroid dienone is 1. The number of hydrogen-bond acceptors (Lipinski definition) is 0. The minimum atomic E-state index is 0.262. The van der Waals surface area contributed by atoms with Crippen LogP contribution in [0.1, 0.15) is 44.2 Å². The van der Waals surface area contributed by atoms with Crippen LogP contribution in [-0.2, 0) is 11.8 Å². The van der Waals surface area contributed by atoms with E-state index in [1.807, 2.05) is 0 Å². The zero-order valence-electron chi connectivity index (χ0n) is 11.0. The maximum Gasteiger partial charge on any atom is 0.0168 e. The summed E-state index contributed by atoms with van der Waals surface area (Å²) < 4.78 is 0. The van der Waals surface area contributed by atoms with E-state index in [1.54, 1.807) is 11.1 Å². The summed E-state index contributed by atoms with van der Waals surface area (Å²) in [6, 6.07) is 9.02. The molecule has 0 saturated heterocycles. The summed E-state index contributed by atoms with van der Waals surface area (Å²) in [5.74, 6) is 0.749. The smallest absolute Gasteiger partial charge is 0.0168 e. The van der Waals surface area contributed by atoms with Crippen molar-refractivity contribution in [1.82, 2.24) is 0 Å². The molecule has 0 unspecified atom stereocenters. The van der Waals surface area contributed by atoms with Crippen LogP contribution in [0.2, 0.25) is 0 Å². The highest BCUT2D eigenvalue weighted by Crippen LogP contribution is 2.58. The minimum absolute atomic E-state index is 0.262. The van der Waals surface area contributed by atoms with Crippen LogP contribution < -0.4 is 0 Å². The van der Waals surface area contributed by atoms with Crippen LogP contribution in [-0.4, -0.2) is 0 Å². The Morgan fingerprint density at radius 3 is 2.76 bits per heavy atom. The molecule has 0 radical (unpaired) electrons. The number of hydrogen-bond donors (Lipinski definition) is 0. The van der Waals surface area contributed by atoms with Crippen molar-refractivity contribution in [2.45, 2.75) is 44.9 Å². The molecule has 0 heterocycles. The molecular weight excluding hydrogens is 204 g/mol. The minimum Gasteiger partial charge on any atom is -0.102 e. The van der Waals surface area contributed by atoms with Crippen LogP contribution >= 0.6 is 0 Å². The first-order chi connectivity index (χ1) is 8.10. The Morgan fingerprint density at radius 2 is 2.00 bits per heavy atom. The van der Waals surface area contributed by atoms with E-state index in [0.29, 0.717) is 5.41 Å². The Bertz CT molecular complexity index is 455. The molecule has 2 aliphatic carbocycles. The molecule has 0 bridgehead atoms. The zero-order chi connectivity index (χ0) is 12.1. The molecule has 17 heavy (non-hydrogen) atoms. The second-order valence-corrected chi connectivity index (χ2v) is 6.50. The summed E-state index contributed by atoms with van der Waals surface area (Å²) in [4.78, 5) is 0. The normalized spacial score (nSPS) is 33.9. The fourth-order valence-corrected chi connectivity index (χ4v) is 4.39. The Hall–Kier alpha value is -1.04. The van der Waals surface area contributed by atoms with Gasteiger partial charge in [0.25, 0.3) is 0 Å². The first kappa shape index (κ1) is 11.1. The number of rotatable bonds is 1. The molecular formula is C17H22. The molecule has 1 aromatic rings. The lowest BCUT2D eigenvalue weighted by molar-refractivity contribution is 0.0867. The van der Waals surface area contributed by atoms with E-state index >= 15 is 0 Å². The summed E-state index contributed by atoms with van der Waals surface area (Å²) in [6.07, 6.45) is 7.49. The van der Waals surface area contributed by atoms with Gasteiger partial charge in [0.1, 0.15) is 0 Å². The van der Waals surface area contributed by atoms with Crippen molar-refractivity contribution >= 4 is 0 Å². The van der Waals surface area contributed by atoms with Gasteiger partial charge in [-0.2, -0.15) is 0 Å². The lowest BCUT2D eigenvalue weighted by atomic mass is 9.56. The monoisotopic (exact) mass is 226 g/mol. The third kappa shape index (κ3) is 1.36. The van der Waals surface area contributed by atoms with Crippen molar-refractivity contribution < 1.29 is 0 Å². The Labute approximate surface area is 105 Å². The third-order valence-electron chi connectivity index (χ3n) is 5.28. The van der Waals surface area contributed by atoms with Gasteiger partial charge in [-0.25, -0.2) is 0 Å². The summed E-state index contributed by atoms with van der Waals surface area (Å²) in [5, 5.41) is 0. The lowest BCUT2D eigenvalue weighted by Crippen LogP contribution is -2.43. The van der Waals surface area contributed by atoms with Gasteiger partial charge >= 0.3 is 0 Å². The Kier molecular flexibility index (Phi) is 2.26. The lowest BCUT2D eigenvalue weighted by Gasteiger charge is -2.48. The second-order valence-electron chi connectivity index (χ2n) is 6.50. The summed E-state index contributed by atoms with van der Waals surface area (Å²) >= 11 is 0. The van der Waals surface area contributed by atoms with Crippen molar-refractivity contribution in [3.05, 3.63) is 48.0 Å². The molecule has 1 saturated carbocycles. The highest BCUT2D eigenvalue weighted by atomic mass is 14.6. The molecule has 0 spiro atoms. The van der Waals surface area contributed by atoms with Gasteiger partial charge in [-0.3, -0.25) is 0 Å². The van der Waals surface area contributed by atoms with E-state index in [0.717, 1.165) is 5.92 Å². The molecule has 0 aliphatic heterocycles. The molecule has 0 amide bonds. The number of fused-ring (bicyclic) bond motifs is 3. The molecule has 0 aromatic heterocycles. The van der Waals surface area contributed by atoms with Gasteiger partial charge in [-0.1, -0.05) is 50.6 Å². The quantitative estimate of drug-likeness (QED) is 0.619. The molecule has 3 rings (SSSR count). The van der Waals surface area contributed by atoms with Gasteiger partial charge in [0, 0.05) is 5.41 Å². The van der Waals surface area contributed by atoms with Gasteiger partial charge in [0.05, 0.1) is 0 Å². The van der Waals surface area contributed by atoms with Crippen molar-refractivity contribution in [3.63, 3.8) is 0 Å². The maximum atomic E-state index is 4.18. The molecule has 0 nitrogen and oxygen atoms in total. The van der Waals surface area contributed by atoms with E-state index in [4.69, 9.17) is 0 Å². The largest absolute Gasteiger partial charge is 0.102 e. The first-order valence-electron chi connectivity index (χ1n) is 6.82. The SMILES string of the molecule is C=C[C@]12CCCC(C)(C)[C@H]1Cc1ccccc12. The molecule has 0 heteroatoms. The van der Waals surface area contributed by atoms with Crippen LogP contribution in [0.15, 0.2) is 36.9 Å². The average molecular weight is 226 g/mol. The van der Waals surface area contributed by atoms with Crippen molar-refractivity contribution in [1.29, 1.82) is 0 Å². The van der Waals surface area contributed by atoms with E-state index in [9.17, 15) is 0 Å². The van der Waals surface area contributed by atoms with Crippen molar-refractivity contribution in [3.8, 4) is 0 Å². The predicted octanol–water partition coefficient (Wildman–Crippen LogP) is 4.49. The fourth-order valence-electron chi connectivity index (χ4n) is 4.39. The Morgan fingerprint density at radius 1 is 1.24 bits per heavy atom. The van der Waals surface area contributed by atoms with E-state index in [1.165, 1.54) is 25.7 Å². The zero-order valence-corrected chi connectivity index (χ0v) is 11.0. The van der Waals surface area contributed by atoms with Gasteiger partial charge in [-0.05, 0) is 41.7 Å². The maximum absolute atomic E-state index is 4.18. The second kappa shape index (κ2) is 3.48. The average Bonchev–Trinajstić information content (AvgIpc) is 2.66. The number of benzene rings is 1. The van der Waals surface area contributed by atoms with Crippen molar-refractivity contribution in [2.75, 3.05) is 0 Å². The fraction of sp³-hybridized carbons (Fsp3) is 0.529. The standard InChI is InChI=1S/C17H22/c1-4-17-11-7-10-16(2,3)15(17)12-13-8-5-6-9-14(13)17/h4-6,8-9,15H,1,7,10-12H2,2-3H3/t15-,17-/m1/s1. The first-order valence-corrected chi connectivity index (χ1v) is 6.82. The molecule has 2 atom stereocenters. The molecule has 1 fully saturated rings. The third-order valence-corrected chi connectivity index (χ3v) is 5.28. The topological polar surface area (TPSA) is 0 Å². The summed E-state index contributed by atoms with van der Waals surface area (Å²) in [5.41, 5.74) is 3.84. The van der Waals surface area contributed by atoms with E-state index in [2.05, 4.69) is 50.8 Å². The Balaban J connectivity index is 2.18. The predicted molar refractivity (Wildman–Crippen MR) is 73.1 cm³/mol. The highest BCUT2D eigenvalue weighted by Gasteiger charge is 2.52. The van der Waals surface area contributed by atoms with E-state index < -0.39 is 0 Å². The molecule has 2 aliphatic rings. The highest BCUT2D eigenvalue weighted by molar-refractivity contribution is 5.45. The molecule has 0 N–H and O–H groups in total. The van der Waals surface area contributed by atoms with Crippen LogP contribution in [0.3, 0.4) is 0 Å². The summed E-state index contributed by atoms with van der Waals surface area (Å²) in [6.45, 7) is 9.07. The van der Waals surface area contributed by atoms with Gasteiger partial charge in [-0.15, -0.1) is 6.58 Å². The molecule has 1 aromatic carbocycles. The van der Waals surface area contributed by atoms with Gasteiger partial charge in [0.15, 0.2) is 0 Å². The molecule has 90 valence electrons. The van der Waals surface area contributed by atoms with Gasteiger partial charge in [0.2, 0.25) is 0 Å². The van der Waals surface area contributed by atoms with Crippen LogP contribution in [0.5, 0.6) is 0 Å². The van der Waals surface area contributed by atoms with Crippen LogP contribution in [0.4, 0.5) is 0 Å². The van der Waals surface area contributed by atoms with Crippen LogP contribution in [0, 0.1) is 11.3 Å². The summed E-state index contributed by atoms with van der Waals surface area (Å²) in [7, 11) is 0. The van der Waals surface area contributed by atoms with Crippen LogP contribution in [0.25, 0.3) is 0 Å².